The normalized spacial score (nSPS) is 18.1. The van der Waals surface area contributed by atoms with Crippen molar-refractivity contribution in [2.24, 2.45) is 0 Å². The van der Waals surface area contributed by atoms with Gasteiger partial charge in [0.2, 0.25) is 0 Å². The number of likely N-dealkylation sites (tertiary alicyclic amines) is 1. The molecule has 0 N–H and O–H groups in total. The van der Waals surface area contributed by atoms with Crippen LogP contribution in [-0.4, -0.2) is 43.4 Å². The van der Waals surface area contributed by atoms with E-state index in [-0.39, 0.29) is 11.9 Å². The number of nitrogens with zero attached hydrogens (tertiary/aromatic N) is 5. The molecule has 3 heterocycles. The van der Waals surface area contributed by atoms with Crippen LogP contribution in [0.4, 0.5) is 0 Å². The molecular formula is C15H19N5O. The van der Waals surface area contributed by atoms with Crippen molar-refractivity contribution in [2.75, 3.05) is 6.54 Å². The lowest BCUT2D eigenvalue weighted by Gasteiger charge is -2.24. The number of carbonyl (C=O) groups is 1. The Kier molecular flexibility index (Phi) is 3.94. The molecule has 110 valence electrons. The molecule has 1 saturated heterocycles. The Balaban J connectivity index is 1.76. The Morgan fingerprint density at radius 1 is 1.43 bits per heavy atom. The minimum atomic E-state index is 0.0698. The third kappa shape index (κ3) is 2.94. The van der Waals surface area contributed by atoms with E-state index in [1.54, 1.807) is 17.1 Å². The summed E-state index contributed by atoms with van der Waals surface area (Å²) in [5.41, 5.74) is 1.77. The number of carbonyl (C=O) groups excluding carboxylic acids is 1. The molecular weight excluding hydrogens is 266 g/mol. The van der Waals surface area contributed by atoms with Crippen molar-refractivity contribution < 1.29 is 4.79 Å². The lowest BCUT2D eigenvalue weighted by molar-refractivity contribution is 0.0720. The van der Waals surface area contributed by atoms with Gasteiger partial charge in [0.1, 0.15) is 0 Å². The summed E-state index contributed by atoms with van der Waals surface area (Å²) in [5.74, 6) is 0.0698. The maximum atomic E-state index is 12.7. The summed E-state index contributed by atoms with van der Waals surface area (Å²) in [6.45, 7) is 3.57. The predicted octanol–water partition coefficient (Wildman–Crippen LogP) is 1.54. The van der Waals surface area contributed by atoms with E-state index in [0.717, 1.165) is 31.4 Å². The van der Waals surface area contributed by atoms with Gasteiger partial charge in [-0.15, -0.1) is 5.10 Å². The van der Waals surface area contributed by atoms with Crippen LogP contribution in [0.2, 0.25) is 0 Å². The molecule has 6 nitrogen and oxygen atoms in total. The van der Waals surface area contributed by atoms with E-state index >= 15 is 0 Å². The van der Waals surface area contributed by atoms with E-state index in [0.29, 0.717) is 12.1 Å². The second kappa shape index (κ2) is 6.03. The number of rotatable bonds is 4. The summed E-state index contributed by atoms with van der Waals surface area (Å²) >= 11 is 0. The Bertz CT molecular complexity index is 610. The summed E-state index contributed by atoms with van der Waals surface area (Å²) in [5, 5.41) is 7.80. The van der Waals surface area contributed by atoms with Gasteiger partial charge in [0.15, 0.2) is 0 Å². The van der Waals surface area contributed by atoms with Crippen LogP contribution < -0.4 is 0 Å². The maximum absolute atomic E-state index is 12.7. The van der Waals surface area contributed by atoms with Crippen LogP contribution in [0, 0.1) is 0 Å². The van der Waals surface area contributed by atoms with Gasteiger partial charge in [-0.05, 0) is 30.9 Å². The predicted molar refractivity (Wildman–Crippen MR) is 77.7 cm³/mol. The van der Waals surface area contributed by atoms with Crippen LogP contribution in [0.3, 0.4) is 0 Å². The molecule has 1 aliphatic rings. The van der Waals surface area contributed by atoms with Crippen molar-refractivity contribution in [1.82, 2.24) is 24.9 Å². The quantitative estimate of drug-likeness (QED) is 0.855. The highest BCUT2D eigenvalue weighted by Crippen LogP contribution is 2.21. The third-order valence-electron chi connectivity index (χ3n) is 3.96. The first kappa shape index (κ1) is 13.7. The fourth-order valence-electron chi connectivity index (χ4n) is 2.80. The molecule has 0 saturated carbocycles. The average molecular weight is 285 g/mol. The van der Waals surface area contributed by atoms with Crippen LogP contribution in [0.25, 0.3) is 0 Å². The van der Waals surface area contributed by atoms with Crippen LogP contribution >= 0.6 is 0 Å². The minimum Gasteiger partial charge on any atom is -0.334 e. The SMILES string of the molecule is CCc1cncc(C(=O)N2CCCC2Cn2ccnn2)c1. The van der Waals surface area contributed by atoms with Gasteiger partial charge < -0.3 is 4.90 Å². The smallest absolute Gasteiger partial charge is 0.255 e. The van der Waals surface area contributed by atoms with Crippen LogP contribution in [-0.2, 0) is 13.0 Å². The number of pyridine rings is 1. The third-order valence-corrected chi connectivity index (χ3v) is 3.96. The van der Waals surface area contributed by atoms with E-state index in [2.05, 4.69) is 22.2 Å². The van der Waals surface area contributed by atoms with E-state index in [9.17, 15) is 4.79 Å². The average Bonchev–Trinajstić information content (AvgIpc) is 3.19. The van der Waals surface area contributed by atoms with Crippen LogP contribution in [0.5, 0.6) is 0 Å². The largest absolute Gasteiger partial charge is 0.334 e. The molecule has 1 amide bonds. The summed E-state index contributed by atoms with van der Waals surface area (Å²) in [7, 11) is 0. The number of hydrogen-bond acceptors (Lipinski definition) is 4. The monoisotopic (exact) mass is 285 g/mol. The standard InChI is InChI=1S/C15H19N5O/c1-2-12-8-13(10-16-9-12)15(21)20-6-3-4-14(20)11-19-7-5-17-18-19/h5,7-10,14H,2-4,6,11H2,1H3. The van der Waals surface area contributed by atoms with Gasteiger partial charge in [-0.2, -0.15) is 0 Å². The molecule has 2 aromatic rings. The molecule has 1 unspecified atom stereocenters. The van der Waals surface area contributed by atoms with E-state index in [1.807, 2.05) is 23.4 Å². The molecule has 0 bridgehead atoms. The lowest BCUT2D eigenvalue weighted by atomic mass is 10.1. The van der Waals surface area contributed by atoms with Crippen molar-refractivity contribution in [3.63, 3.8) is 0 Å². The van der Waals surface area contributed by atoms with Gasteiger partial charge in [-0.1, -0.05) is 12.1 Å². The highest BCUT2D eigenvalue weighted by molar-refractivity contribution is 5.94. The van der Waals surface area contributed by atoms with Gasteiger partial charge in [0, 0.05) is 25.1 Å². The molecule has 3 rings (SSSR count). The highest BCUT2D eigenvalue weighted by atomic mass is 16.2. The molecule has 0 aliphatic carbocycles. The van der Waals surface area contributed by atoms with Gasteiger partial charge in [-0.3, -0.25) is 14.5 Å². The Morgan fingerprint density at radius 2 is 2.33 bits per heavy atom. The maximum Gasteiger partial charge on any atom is 0.255 e. The zero-order valence-electron chi connectivity index (χ0n) is 12.1. The molecule has 2 aromatic heterocycles. The summed E-state index contributed by atoms with van der Waals surface area (Å²) < 4.78 is 1.79. The molecule has 0 aromatic carbocycles. The van der Waals surface area contributed by atoms with Gasteiger partial charge in [0.25, 0.3) is 5.91 Å². The number of amides is 1. The van der Waals surface area contributed by atoms with Crippen molar-refractivity contribution in [3.05, 3.63) is 42.0 Å². The van der Waals surface area contributed by atoms with Gasteiger partial charge in [0.05, 0.1) is 24.3 Å². The summed E-state index contributed by atoms with van der Waals surface area (Å²) in [4.78, 5) is 18.8. The van der Waals surface area contributed by atoms with Gasteiger partial charge >= 0.3 is 0 Å². The second-order valence-electron chi connectivity index (χ2n) is 5.36. The van der Waals surface area contributed by atoms with E-state index < -0.39 is 0 Å². The first-order valence-corrected chi connectivity index (χ1v) is 7.37. The Hall–Kier alpha value is -2.24. The number of aryl methyl sites for hydroxylation is 1. The topological polar surface area (TPSA) is 63.9 Å². The van der Waals surface area contributed by atoms with Crippen molar-refractivity contribution in [2.45, 2.75) is 38.8 Å². The first-order valence-electron chi connectivity index (χ1n) is 7.37. The molecule has 1 fully saturated rings. The van der Waals surface area contributed by atoms with Crippen molar-refractivity contribution in [1.29, 1.82) is 0 Å². The summed E-state index contributed by atoms with van der Waals surface area (Å²) in [6, 6.07) is 2.13. The summed E-state index contributed by atoms with van der Waals surface area (Å²) in [6.07, 6.45) is 9.89. The van der Waals surface area contributed by atoms with Crippen LogP contribution in [0.15, 0.2) is 30.9 Å². The van der Waals surface area contributed by atoms with Crippen molar-refractivity contribution in [3.8, 4) is 0 Å². The van der Waals surface area contributed by atoms with Crippen molar-refractivity contribution >= 4 is 5.91 Å². The lowest BCUT2D eigenvalue weighted by Crippen LogP contribution is -2.38. The highest BCUT2D eigenvalue weighted by Gasteiger charge is 2.30. The first-order chi connectivity index (χ1) is 10.3. The fraction of sp³-hybridized carbons (Fsp3) is 0.467. The van der Waals surface area contributed by atoms with E-state index in [1.165, 1.54) is 0 Å². The Labute approximate surface area is 123 Å². The molecule has 1 atom stereocenters. The molecule has 0 spiro atoms. The zero-order chi connectivity index (χ0) is 14.7. The molecule has 21 heavy (non-hydrogen) atoms. The Morgan fingerprint density at radius 3 is 3.10 bits per heavy atom. The van der Waals surface area contributed by atoms with Crippen LogP contribution in [0.1, 0.15) is 35.7 Å². The minimum absolute atomic E-state index is 0.0698. The second-order valence-corrected chi connectivity index (χ2v) is 5.36. The molecule has 0 radical (unpaired) electrons. The molecule has 1 aliphatic heterocycles. The number of hydrogen-bond donors (Lipinski definition) is 0. The number of aromatic nitrogens is 4. The fourth-order valence-corrected chi connectivity index (χ4v) is 2.80. The molecule has 6 heteroatoms. The van der Waals surface area contributed by atoms with Gasteiger partial charge in [-0.25, -0.2) is 0 Å². The van der Waals surface area contributed by atoms with E-state index in [4.69, 9.17) is 0 Å². The zero-order valence-corrected chi connectivity index (χ0v) is 12.1.